The van der Waals surface area contributed by atoms with Crippen LogP contribution in [0, 0.1) is 6.92 Å². The Morgan fingerprint density at radius 2 is 1.57 bits per heavy atom. The highest BCUT2D eigenvalue weighted by Gasteiger charge is 2.17. The maximum Gasteiger partial charge on any atom is 0.0585 e. The van der Waals surface area contributed by atoms with Crippen molar-refractivity contribution in [2.45, 2.75) is 19.9 Å². The summed E-state index contributed by atoms with van der Waals surface area (Å²) in [6.45, 7) is 5.31. The predicted molar refractivity (Wildman–Crippen MR) is 90.6 cm³/mol. The van der Waals surface area contributed by atoms with Crippen molar-refractivity contribution in [3.05, 3.63) is 83.4 Å². The van der Waals surface area contributed by atoms with Crippen LogP contribution in [0.4, 0.5) is 0 Å². The lowest BCUT2D eigenvalue weighted by molar-refractivity contribution is 0.632. The van der Waals surface area contributed by atoms with Gasteiger partial charge in [0.15, 0.2) is 0 Å². The molecule has 0 aliphatic heterocycles. The van der Waals surface area contributed by atoms with Crippen LogP contribution in [-0.2, 0) is 0 Å². The highest BCUT2D eigenvalue weighted by Crippen LogP contribution is 2.31. The Balaban J connectivity index is 2.22. The fraction of sp³-hybridized carbons (Fsp3) is 0.200. The van der Waals surface area contributed by atoms with Gasteiger partial charge in [-0.1, -0.05) is 73.7 Å². The normalized spacial score (nSPS) is 12.5. The molecule has 1 unspecified atom stereocenters. The number of nitrogens with one attached hydrogen (secondary N) is 1. The number of fused-ring (bicyclic) bond motifs is 1. The summed E-state index contributed by atoms with van der Waals surface area (Å²) in [5.41, 5.74) is 4.04. The first kappa shape index (κ1) is 13.8. The smallest absolute Gasteiger partial charge is 0.0585 e. The van der Waals surface area contributed by atoms with Crippen LogP contribution >= 0.6 is 0 Å². The van der Waals surface area contributed by atoms with Crippen LogP contribution in [0.25, 0.3) is 10.8 Å². The molecule has 1 heteroatoms. The SMILES string of the molecule is CCNC(c1ccccc1)c1c(C)ccc2ccccc12. The van der Waals surface area contributed by atoms with Crippen molar-refractivity contribution in [3.63, 3.8) is 0 Å². The van der Waals surface area contributed by atoms with Crippen LogP contribution in [0.3, 0.4) is 0 Å². The van der Waals surface area contributed by atoms with Crippen molar-refractivity contribution < 1.29 is 0 Å². The summed E-state index contributed by atoms with van der Waals surface area (Å²) in [5, 5.41) is 6.29. The number of hydrogen-bond donors (Lipinski definition) is 1. The average Bonchev–Trinajstić information content (AvgIpc) is 2.54. The van der Waals surface area contributed by atoms with E-state index in [0.29, 0.717) is 0 Å². The molecule has 3 aromatic rings. The van der Waals surface area contributed by atoms with Crippen LogP contribution in [-0.4, -0.2) is 6.54 Å². The van der Waals surface area contributed by atoms with Crippen LogP contribution < -0.4 is 5.32 Å². The quantitative estimate of drug-likeness (QED) is 0.718. The molecule has 0 spiro atoms. The molecular weight excluding hydrogens is 254 g/mol. The molecule has 0 aliphatic carbocycles. The fourth-order valence-corrected chi connectivity index (χ4v) is 3.02. The summed E-state index contributed by atoms with van der Waals surface area (Å²) in [7, 11) is 0. The second-order valence-electron chi connectivity index (χ2n) is 5.42. The highest BCUT2D eigenvalue weighted by atomic mass is 14.9. The van der Waals surface area contributed by atoms with Gasteiger partial charge in [-0.15, -0.1) is 0 Å². The monoisotopic (exact) mass is 275 g/mol. The molecule has 3 aromatic carbocycles. The van der Waals surface area contributed by atoms with E-state index in [4.69, 9.17) is 0 Å². The van der Waals surface area contributed by atoms with Crippen LogP contribution in [0.1, 0.15) is 29.7 Å². The molecular formula is C20H21N. The standard InChI is InChI=1S/C20H21N/c1-3-21-20(17-10-5-4-6-11-17)19-15(2)13-14-16-9-7-8-12-18(16)19/h4-14,20-21H,3H2,1-2H3. The van der Waals surface area contributed by atoms with Gasteiger partial charge in [-0.3, -0.25) is 0 Å². The Kier molecular flexibility index (Phi) is 4.03. The minimum absolute atomic E-state index is 0.238. The van der Waals surface area contributed by atoms with Gasteiger partial charge in [-0.25, -0.2) is 0 Å². The Morgan fingerprint density at radius 3 is 2.33 bits per heavy atom. The van der Waals surface area contributed by atoms with Gasteiger partial charge in [-0.05, 0) is 40.9 Å². The first-order chi connectivity index (χ1) is 10.3. The van der Waals surface area contributed by atoms with E-state index in [0.717, 1.165) is 6.54 Å². The zero-order valence-electron chi connectivity index (χ0n) is 12.6. The fourth-order valence-electron chi connectivity index (χ4n) is 3.02. The summed E-state index contributed by atoms with van der Waals surface area (Å²) in [6.07, 6.45) is 0. The number of benzene rings is 3. The largest absolute Gasteiger partial charge is 0.307 e. The zero-order chi connectivity index (χ0) is 14.7. The van der Waals surface area contributed by atoms with Crippen molar-refractivity contribution >= 4 is 10.8 Å². The van der Waals surface area contributed by atoms with Crippen LogP contribution in [0.2, 0.25) is 0 Å². The van der Waals surface area contributed by atoms with E-state index in [2.05, 4.69) is 85.9 Å². The summed E-state index contributed by atoms with van der Waals surface area (Å²) in [5.74, 6) is 0. The third kappa shape index (κ3) is 2.70. The van der Waals surface area contributed by atoms with Gasteiger partial charge in [0.2, 0.25) is 0 Å². The lowest BCUT2D eigenvalue weighted by Crippen LogP contribution is -2.23. The third-order valence-corrected chi connectivity index (χ3v) is 4.02. The predicted octanol–water partition coefficient (Wildman–Crippen LogP) is 4.85. The molecule has 0 saturated carbocycles. The van der Waals surface area contributed by atoms with E-state index in [-0.39, 0.29) is 6.04 Å². The molecule has 0 bridgehead atoms. The van der Waals surface area contributed by atoms with E-state index in [9.17, 15) is 0 Å². The Labute approximate surface area is 126 Å². The number of hydrogen-bond acceptors (Lipinski definition) is 1. The molecule has 1 nitrogen and oxygen atoms in total. The van der Waals surface area contributed by atoms with Gasteiger partial charge in [0, 0.05) is 0 Å². The molecule has 3 rings (SSSR count). The molecule has 0 aromatic heterocycles. The zero-order valence-corrected chi connectivity index (χ0v) is 12.6. The van der Waals surface area contributed by atoms with Crippen molar-refractivity contribution in [1.82, 2.24) is 5.32 Å². The van der Waals surface area contributed by atoms with Crippen molar-refractivity contribution in [3.8, 4) is 0 Å². The Morgan fingerprint density at radius 1 is 0.857 bits per heavy atom. The first-order valence-electron chi connectivity index (χ1n) is 7.58. The molecule has 1 N–H and O–H groups in total. The van der Waals surface area contributed by atoms with Crippen molar-refractivity contribution in [2.75, 3.05) is 6.54 Å². The number of aryl methyl sites for hydroxylation is 1. The maximum absolute atomic E-state index is 3.65. The van der Waals surface area contributed by atoms with Gasteiger partial charge >= 0.3 is 0 Å². The molecule has 0 radical (unpaired) electrons. The summed E-state index contributed by atoms with van der Waals surface area (Å²) >= 11 is 0. The molecule has 0 saturated heterocycles. The average molecular weight is 275 g/mol. The topological polar surface area (TPSA) is 12.0 Å². The molecule has 0 fully saturated rings. The van der Waals surface area contributed by atoms with E-state index < -0.39 is 0 Å². The molecule has 0 heterocycles. The Bertz CT molecular complexity index is 731. The summed E-state index contributed by atoms with van der Waals surface area (Å²) in [4.78, 5) is 0. The third-order valence-electron chi connectivity index (χ3n) is 4.02. The van der Waals surface area contributed by atoms with Gasteiger partial charge in [0.1, 0.15) is 0 Å². The van der Waals surface area contributed by atoms with Crippen LogP contribution in [0.15, 0.2) is 66.7 Å². The van der Waals surface area contributed by atoms with Gasteiger partial charge < -0.3 is 5.32 Å². The summed E-state index contributed by atoms with van der Waals surface area (Å²) < 4.78 is 0. The van der Waals surface area contributed by atoms with Gasteiger partial charge in [-0.2, -0.15) is 0 Å². The lowest BCUT2D eigenvalue weighted by atomic mass is 9.90. The number of rotatable bonds is 4. The van der Waals surface area contributed by atoms with Crippen molar-refractivity contribution in [2.24, 2.45) is 0 Å². The molecule has 0 amide bonds. The van der Waals surface area contributed by atoms with E-state index in [1.807, 2.05) is 0 Å². The van der Waals surface area contributed by atoms with Gasteiger partial charge in [0.05, 0.1) is 6.04 Å². The lowest BCUT2D eigenvalue weighted by Gasteiger charge is -2.23. The molecule has 0 aliphatic rings. The highest BCUT2D eigenvalue weighted by molar-refractivity contribution is 5.87. The minimum Gasteiger partial charge on any atom is -0.307 e. The second-order valence-corrected chi connectivity index (χ2v) is 5.42. The Hall–Kier alpha value is -2.12. The second kappa shape index (κ2) is 6.11. The summed E-state index contributed by atoms with van der Waals surface area (Å²) in [6, 6.07) is 24.0. The maximum atomic E-state index is 3.65. The van der Waals surface area contributed by atoms with Crippen molar-refractivity contribution in [1.29, 1.82) is 0 Å². The molecule has 1 atom stereocenters. The van der Waals surface area contributed by atoms with E-state index in [1.54, 1.807) is 0 Å². The van der Waals surface area contributed by atoms with E-state index >= 15 is 0 Å². The molecule has 106 valence electrons. The molecule has 21 heavy (non-hydrogen) atoms. The first-order valence-corrected chi connectivity index (χ1v) is 7.58. The van der Waals surface area contributed by atoms with Crippen LogP contribution in [0.5, 0.6) is 0 Å². The van der Waals surface area contributed by atoms with Gasteiger partial charge in [0.25, 0.3) is 0 Å². The minimum atomic E-state index is 0.238. The van der Waals surface area contributed by atoms with E-state index in [1.165, 1.54) is 27.5 Å².